The van der Waals surface area contributed by atoms with Crippen molar-refractivity contribution in [1.82, 2.24) is 9.88 Å². The van der Waals surface area contributed by atoms with Crippen LogP contribution in [0.3, 0.4) is 0 Å². The Hall–Kier alpha value is -3.57. The first-order valence-corrected chi connectivity index (χ1v) is 12.7. The number of fused-ring (bicyclic) bond motifs is 1. The maximum atomic E-state index is 13.1. The lowest BCUT2D eigenvalue weighted by Crippen LogP contribution is -2.61. The standard InChI is InChI=1S/C26H29N3O7S/c1-14(30)20-18-12-17(16-7-5-15(6-8-16)11-19(31)28-25-27-9-10-37-25)21(29(18)22(20)32)23(33)35-13-36-24(34)26(2,3)4/h5-10,14,18,20,30H,11-13H2,1-4H3,(H,27,28,31)/t14-,18-,20-/m1/s1. The van der Waals surface area contributed by atoms with Gasteiger partial charge in [-0.15, -0.1) is 11.3 Å². The second kappa shape index (κ2) is 10.4. The van der Waals surface area contributed by atoms with Crippen molar-refractivity contribution in [3.63, 3.8) is 0 Å². The Morgan fingerprint density at radius 2 is 1.92 bits per heavy atom. The van der Waals surface area contributed by atoms with Crippen molar-refractivity contribution in [3.05, 3.63) is 52.7 Å². The largest absolute Gasteiger partial charge is 0.427 e. The van der Waals surface area contributed by atoms with Crippen LogP contribution >= 0.6 is 11.3 Å². The molecule has 0 saturated carbocycles. The van der Waals surface area contributed by atoms with Crippen LogP contribution in [0, 0.1) is 11.3 Å². The highest BCUT2D eigenvalue weighted by atomic mass is 32.1. The Morgan fingerprint density at radius 3 is 2.51 bits per heavy atom. The van der Waals surface area contributed by atoms with Crippen molar-refractivity contribution in [2.24, 2.45) is 11.3 Å². The molecule has 2 aliphatic heterocycles. The predicted octanol–water partition coefficient (Wildman–Crippen LogP) is 2.74. The molecule has 1 aromatic heterocycles. The van der Waals surface area contributed by atoms with E-state index < -0.39 is 36.2 Å². The van der Waals surface area contributed by atoms with Crippen molar-refractivity contribution in [3.8, 4) is 0 Å². The van der Waals surface area contributed by atoms with Crippen LogP contribution in [-0.2, 0) is 35.1 Å². The molecule has 2 aromatic rings. The minimum absolute atomic E-state index is 0.0768. The maximum Gasteiger partial charge on any atom is 0.358 e. The van der Waals surface area contributed by atoms with Gasteiger partial charge in [0.15, 0.2) is 5.13 Å². The van der Waals surface area contributed by atoms with Crippen LogP contribution in [0.1, 0.15) is 45.2 Å². The second-order valence-corrected chi connectivity index (χ2v) is 11.0. The van der Waals surface area contributed by atoms with Gasteiger partial charge in [0, 0.05) is 11.6 Å². The molecule has 1 fully saturated rings. The molecule has 0 unspecified atom stereocenters. The highest BCUT2D eigenvalue weighted by molar-refractivity contribution is 7.13. The van der Waals surface area contributed by atoms with Gasteiger partial charge in [0.25, 0.3) is 0 Å². The molecule has 2 aliphatic rings. The van der Waals surface area contributed by atoms with Crippen molar-refractivity contribution in [1.29, 1.82) is 0 Å². The number of carbonyl (C=O) groups is 4. The quantitative estimate of drug-likeness (QED) is 0.304. The molecule has 0 bridgehead atoms. The normalized spacial score (nSPS) is 19.7. The fourth-order valence-corrected chi connectivity index (χ4v) is 4.94. The fraction of sp³-hybridized carbons (Fsp3) is 0.423. The summed E-state index contributed by atoms with van der Waals surface area (Å²) in [4.78, 5) is 55.5. The number of nitrogens with one attached hydrogen (secondary N) is 1. The van der Waals surface area contributed by atoms with E-state index in [1.54, 1.807) is 63.5 Å². The van der Waals surface area contributed by atoms with Crippen molar-refractivity contribution < 1.29 is 33.8 Å². The third-order valence-corrected chi connectivity index (χ3v) is 6.95. The van der Waals surface area contributed by atoms with Crippen LogP contribution in [0.4, 0.5) is 5.13 Å². The third kappa shape index (κ3) is 5.57. The van der Waals surface area contributed by atoms with Gasteiger partial charge in [-0.05, 0) is 50.8 Å². The number of nitrogens with zero attached hydrogens (tertiary/aromatic N) is 2. The summed E-state index contributed by atoms with van der Waals surface area (Å²) < 4.78 is 10.3. The van der Waals surface area contributed by atoms with E-state index in [0.29, 0.717) is 22.7 Å². The topological polar surface area (TPSA) is 135 Å². The van der Waals surface area contributed by atoms with E-state index >= 15 is 0 Å². The Balaban J connectivity index is 1.51. The highest BCUT2D eigenvalue weighted by Crippen LogP contribution is 2.47. The number of carbonyl (C=O) groups excluding carboxylic acids is 4. The second-order valence-electron chi connectivity index (χ2n) is 10.1. The van der Waals surface area contributed by atoms with Gasteiger partial charge in [-0.25, -0.2) is 9.78 Å². The van der Waals surface area contributed by atoms with Crippen molar-refractivity contribution in [2.75, 3.05) is 12.1 Å². The summed E-state index contributed by atoms with van der Waals surface area (Å²) in [5, 5.41) is 15.1. The number of aliphatic hydroxyl groups excluding tert-OH is 1. The van der Waals surface area contributed by atoms with E-state index in [1.807, 2.05) is 0 Å². The van der Waals surface area contributed by atoms with Crippen LogP contribution in [0.2, 0.25) is 0 Å². The Kier molecular flexibility index (Phi) is 7.47. The number of benzene rings is 1. The molecule has 10 nitrogen and oxygen atoms in total. The summed E-state index contributed by atoms with van der Waals surface area (Å²) >= 11 is 1.33. The minimum atomic E-state index is -0.864. The molecule has 1 aromatic carbocycles. The number of ether oxygens (including phenoxy) is 2. The van der Waals surface area contributed by atoms with Crippen LogP contribution in [-0.4, -0.2) is 57.7 Å². The number of anilines is 1. The maximum absolute atomic E-state index is 13.1. The molecule has 3 heterocycles. The summed E-state index contributed by atoms with van der Waals surface area (Å²) in [6, 6.07) is 6.75. The van der Waals surface area contributed by atoms with Gasteiger partial charge in [-0.1, -0.05) is 24.3 Å². The molecule has 0 spiro atoms. The highest BCUT2D eigenvalue weighted by Gasteiger charge is 2.57. The lowest BCUT2D eigenvalue weighted by Gasteiger charge is -2.44. The van der Waals surface area contributed by atoms with Crippen LogP contribution in [0.25, 0.3) is 5.57 Å². The Morgan fingerprint density at radius 1 is 1.22 bits per heavy atom. The summed E-state index contributed by atoms with van der Waals surface area (Å²) in [6.45, 7) is 6.01. The molecular formula is C26H29N3O7S. The number of β-lactam (4-membered cyclic amide) rings is 1. The third-order valence-electron chi connectivity index (χ3n) is 6.26. The number of hydrogen-bond donors (Lipinski definition) is 2. The summed E-state index contributed by atoms with van der Waals surface area (Å²) in [6.07, 6.45) is 1.25. The summed E-state index contributed by atoms with van der Waals surface area (Å²) in [7, 11) is 0. The molecular weight excluding hydrogens is 498 g/mol. The van der Waals surface area contributed by atoms with Gasteiger partial charge < -0.3 is 24.8 Å². The first kappa shape index (κ1) is 26.5. The molecule has 1 saturated heterocycles. The molecule has 0 aliphatic carbocycles. The molecule has 37 heavy (non-hydrogen) atoms. The van der Waals surface area contributed by atoms with E-state index in [1.165, 1.54) is 16.2 Å². The smallest absolute Gasteiger partial charge is 0.358 e. The molecule has 2 amide bonds. The average molecular weight is 528 g/mol. The van der Waals surface area contributed by atoms with Crippen LogP contribution < -0.4 is 5.32 Å². The molecule has 11 heteroatoms. The summed E-state index contributed by atoms with van der Waals surface area (Å²) in [5.74, 6) is -2.49. The van der Waals surface area contributed by atoms with Crippen molar-refractivity contribution >= 4 is 45.8 Å². The lowest BCUT2D eigenvalue weighted by molar-refractivity contribution is -0.175. The average Bonchev–Trinajstić information content (AvgIpc) is 3.44. The minimum Gasteiger partial charge on any atom is -0.427 e. The monoisotopic (exact) mass is 527 g/mol. The van der Waals surface area contributed by atoms with E-state index in [2.05, 4.69) is 10.3 Å². The number of aromatic nitrogens is 1. The predicted molar refractivity (Wildman–Crippen MR) is 135 cm³/mol. The van der Waals surface area contributed by atoms with E-state index in [4.69, 9.17) is 9.47 Å². The number of rotatable bonds is 8. The number of aliphatic hydroxyl groups is 1. The van der Waals surface area contributed by atoms with Gasteiger partial charge in [0.1, 0.15) is 5.70 Å². The molecule has 196 valence electrons. The fourth-order valence-electron chi connectivity index (χ4n) is 4.40. The van der Waals surface area contributed by atoms with Gasteiger partial charge in [0.05, 0.1) is 29.9 Å². The van der Waals surface area contributed by atoms with Crippen molar-refractivity contribution in [2.45, 2.75) is 52.7 Å². The van der Waals surface area contributed by atoms with Crippen LogP contribution in [0.15, 0.2) is 41.5 Å². The number of hydrogen-bond acceptors (Lipinski definition) is 9. The van der Waals surface area contributed by atoms with Gasteiger partial charge in [0.2, 0.25) is 18.6 Å². The SMILES string of the molecule is C[C@@H](O)[C@H]1C(=O)N2C(C(=O)OCOC(=O)C(C)(C)C)=C(c3ccc(CC(=O)Nc4nccs4)cc3)C[C@H]12. The van der Waals surface area contributed by atoms with Crippen LogP contribution in [0.5, 0.6) is 0 Å². The zero-order valence-corrected chi connectivity index (χ0v) is 21.8. The first-order chi connectivity index (χ1) is 17.5. The number of esters is 2. The number of amides is 2. The van der Waals surface area contributed by atoms with E-state index in [0.717, 1.165) is 5.56 Å². The molecule has 4 rings (SSSR count). The Labute approximate surface area is 218 Å². The zero-order chi connectivity index (χ0) is 26.9. The van der Waals surface area contributed by atoms with Gasteiger partial charge in [-0.2, -0.15) is 0 Å². The lowest BCUT2D eigenvalue weighted by atomic mass is 9.82. The van der Waals surface area contributed by atoms with E-state index in [9.17, 15) is 24.3 Å². The van der Waals surface area contributed by atoms with Gasteiger partial charge in [-0.3, -0.25) is 14.4 Å². The molecule has 3 atom stereocenters. The van der Waals surface area contributed by atoms with E-state index in [-0.39, 0.29) is 30.0 Å². The molecule has 0 radical (unpaired) electrons. The number of thiazole rings is 1. The Bertz CT molecular complexity index is 1230. The summed E-state index contributed by atoms with van der Waals surface area (Å²) in [5.41, 5.74) is 1.36. The first-order valence-electron chi connectivity index (χ1n) is 11.8. The molecule has 2 N–H and O–H groups in total. The zero-order valence-electron chi connectivity index (χ0n) is 21.0. The van der Waals surface area contributed by atoms with Gasteiger partial charge >= 0.3 is 11.9 Å².